The van der Waals surface area contributed by atoms with E-state index in [4.69, 9.17) is 0 Å². The lowest BCUT2D eigenvalue weighted by Crippen LogP contribution is -2.42. The van der Waals surface area contributed by atoms with Gasteiger partial charge in [0, 0.05) is 23.5 Å². The zero-order valence-electron chi connectivity index (χ0n) is 9.41. The van der Waals surface area contributed by atoms with E-state index in [1.165, 1.54) is 11.3 Å². The Morgan fingerprint density at radius 1 is 1.33 bits per heavy atom. The third-order valence-corrected chi connectivity index (χ3v) is 4.39. The average molecular weight is 263 g/mol. The van der Waals surface area contributed by atoms with Gasteiger partial charge in [0.2, 0.25) is 5.91 Å². The van der Waals surface area contributed by atoms with Gasteiger partial charge in [0.15, 0.2) is 5.13 Å². The molecule has 3 rings (SSSR count). The van der Waals surface area contributed by atoms with Gasteiger partial charge >= 0.3 is 0 Å². The number of thiazole rings is 1. The smallest absolute Gasteiger partial charge is 0.230 e. The molecule has 0 aliphatic heterocycles. The molecule has 6 heteroatoms. The molecule has 1 aromatic rings. The summed E-state index contributed by atoms with van der Waals surface area (Å²) in [5.41, 5.74) is 0. The predicted octanol–water partition coefficient (Wildman–Crippen LogP) is 0.270. The number of anilines is 1. The topological polar surface area (TPSA) is 82.1 Å². The van der Waals surface area contributed by atoms with Crippen molar-refractivity contribution in [2.24, 2.45) is 23.7 Å². The first kappa shape index (κ1) is 11.4. The lowest BCUT2D eigenvalue weighted by molar-refractivity contribution is -0.313. The van der Waals surface area contributed by atoms with Gasteiger partial charge in [0.05, 0.1) is 5.92 Å². The summed E-state index contributed by atoms with van der Waals surface area (Å²) in [6.07, 6.45) is 6.15. The first-order valence-electron chi connectivity index (χ1n) is 5.76. The maximum Gasteiger partial charge on any atom is 0.230 e. The molecule has 4 unspecified atom stereocenters. The quantitative estimate of drug-likeness (QED) is 0.794. The van der Waals surface area contributed by atoms with Crippen LogP contribution in [0.2, 0.25) is 0 Å². The highest BCUT2D eigenvalue weighted by atomic mass is 32.1. The van der Waals surface area contributed by atoms with Crippen LogP contribution in [0.15, 0.2) is 23.7 Å². The largest absolute Gasteiger partial charge is 0.550 e. The molecule has 1 N–H and O–H groups in total. The number of hydrogen-bond donors (Lipinski definition) is 1. The summed E-state index contributed by atoms with van der Waals surface area (Å²) in [5.74, 6) is -2.69. The minimum absolute atomic E-state index is 0.0119. The number of carbonyl (C=O) groups excluding carboxylic acids is 2. The predicted molar refractivity (Wildman–Crippen MR) is 63.5 cm³/mol. The van der Waals surface area contributed by atoms with Crippen LogP contribution in [0.25, 0.3) is 0 Å². The van der Waals surface area contributed by atoms with Gasteiger partial charge in [0.1, 0.15) is 0 Å². The summed E-state index contributed by atoms with van der Waals surface area (Å²) < 4.78 is 0. The normalized spacial score (nSPS) is 32.7. The van der Waals surface area contributed by atoms with E-state index in [9.17, 15) is 14.7 Å². The van der Waals surface area contributed by atoms with Crippen LogP contribution >= 0.6 is 11.3 Å². The molecule has 2 aliphatic rings. The van der Waals surface area contributed by atoms with E-state index >= 15 is 0 Å². The number of hydrogen-bond acceptors (Lipinski definition) is 5. The highest BCUT2D eigenvalue weighted by Gasteiger charge is 2.48. The lowest BCUT2D eigenvalue weighted by atomic mass is 9.82. The summed E-state index contributed by atoms with van der Waals surface area (Å²) in [6.45, 7) is 0. The zero-order chi connectivity index (χ0) is 12.7. The maximum atomic E-state index is 12.1. The molecular weight excluding hydrogens is 252 g/mol. The van der Waals surface area contributed by atoms with Crippen molar-refractivity contribution in [2.45, 2.75) is 6.42 Å². The number of carboxylic acid groups (broad SMARTS) is 1. The molecule has 0 aromatic carbocycles. The Bertz CT molecular complexity index is 511. The summed E-state index contributed by atoms with van der Waals surface area (Å²) in [7, 11) is 0. The second-order valence-electron chi connectivity index (χ2n) is 4.65. The summed E-state index contributed by atoms with van der Waals surface area (Å²) in [6, 6.07) is 0. The molecule has 1 heterocycles. The molecule has 0 spiro atoms. The number of aliphatic carboxylic acids is 1. The number of rotatable bonds is 3. The molecule has 1 amide bonds. The number of carboxylic acids is 1. The van der Waals surface area contributed by atoms with Crippen LogP contribution in [0.4, 0.5) is 5.13 Å². The number of aromatic nitrogens is 1. The summed E-state index contributed by atoms with van der Waals surface area (Å²) in [5, 5.41) is 16.1. The van der Waals surface area contributed by atoms with Crippen LogP contribution in [0.5, 0.6) is 0 Å². The molecule has 0 saturated heterocycles. The van der Waals surface area contributed by atoms with E-state index in [0.29, 0.717) is 5.13 Å². The van der Waals surface area contributed by atoms with Gasteiger partial charge in [-0.15, -0.1) is 11.3 Å². The fourth-order valence-electron chi connectivity index (χ4n) is 2.97. The minimum Gasteiger partial charge on any atom is -0.550 e. The van der Waals surface area contributed by atoms with Crippen LogP contribution in [0.3, 0.4) is 0 Å². The SMILES string of the molecule is O=C([O-])C1C2C=CC(C2)C1C(=O)Nc1nccs1. The number of nitrogens with one attached hydrogen (secondary N) is 1. The number of allylic oxidation sites excluding steroid dienone is 2. The highest BCUT2D eigenvalue weighted by molar-refractivity contribution is 7.13. The Morgan fingerprint density at radius 3 is 2.67 bits per heavy atom. The van der Waals surface area contributed by atoms with Crippen LogP contribution in [0, 0.1) is 23.7 Å². The number of amides is 1. The third-order valence-electron chi connectivity index (χ3n) is 3.70. The molecule has 1 aromatic heterocycles. The Balaban J connectivity index is 1.80. The fourth-order valence-corrected chi connectivity index (χ4v) is 3.51. The molecule has 1 fully saturated rings. The van der Waals surface area contributed by atoms with E-state index in [0.717, 1.165) is 6.42 Å². The Morgan fingerprint density at radius 2 is 2.06 bits per heavy atom. The molecule has 18 heavy (non-hydrogen) atoms. The molecule has 4 atom stereocenters. The van der Waals surface area contributed by atoms with E-state index in [1.807, 2.05) is 12.2 Å². The Labute approximate surface area is 108 Å². The first-order chi connectivity index (χ1) is 8.66. The van der Waals surface area contributed by atoms with Crippen LogP contribution in [-0.4, -0.2) is 16.9 Å². The van der Waals surface area contributed by atoms with Crippen molar-refractivity contribution in [2.75, 3.05) is 5.32 Å². The molecule has 2 bridgehead atoms. The molecule has 0 radical (unpaired) electrons. The lowest BCUT2D eigenvalue weighted by Gasteiger charge is -2.27. The van der Waals surface area contributed by atoms with Gasteiger partial charge in [-0.1, -0.05) is 12.2 Å². The van der Waals surface area contributed by atoms with Gasteiger partial charge in [-0.05, 0) is 18.3 Å². The third kappa shape index (κ3) is 1.73. The van der Waals surface area contributed by atoms with Gasteiger partial charge in [-0.3, -0.25) is 4.79 Å². The van der Waals surface area contributed by atoms with Crippen LogP contribution in [0.1, 0.15) is 6.42 Å². The number of nitrogens with zero attached hydrogens (tertiary/aromatic N) is 1. The van der Waals surface area contributed by atoms with E-state index in [-0.39, 0.29) is 17.7 Å². The molecule has 5 nitrogen and oxygen atoms in total. The average Bonchev–Trinajstić information content (AvgIpc) is 3.03. The van der Waals surface area contributed by atoms with Gasteiger partial charge < -0.3 is 15.2 Å². The van der Waals surface area contributed by atoms with Crippen molar-refractivity contribution < 1.29 is 14.7 Å². The van der Waals surface area contributed by atoms with Crippen molar-refractivity contribution in [3.63, 3.8) is 0 Å². The number of fused-ring (bicyclic) bond motifs is 2. The first-order valence-corrected chi connectivity index (χ1v) is 6.64. The van der Waals surface area contributed by atoms with Crippen molar-refractivity contribution in [1.29, 1.82) is 0 Å². The van der Waals surface area contributed by atoms with Crippen LogP contribution in [-0.2, 0) is 9.59 Å². The highest BCUT2D eigenvalue weighted by Crippen LogP contribution is 2.48. The fraction of sp³-hybridized carbons (Fsp3) is 0.417. The summed E-state index contributed by atoms with van der Waals surface area (Å²) in [4.78, 5) is 27.3. The van der Waals surface area contributed by atoms with Gasteiger partial charge in [-0.2, -0.15) is 0 Å². The second-order valence-corrected chi connectivity index (χ2v) is 5.54. The standard InChI is InChI=1S/C12H12N2O3S/c15-10(14-12-13-3-4-18-12)8-6-1-2-7(5-6)9(8)11(16)17/h1-4,6-9H,5H2,(H,16,17)(H,13,14,15)/p-1. The Kier molecular flexibility index (Phi) is 2.66. The summed E-state index contributed by atoms with van der Waals surface area (Å²) >= 11 is 1.32. The molecular formula is C12H11N2O3S-. The molecule has 1 saturated carbocycles. The second kappa shape index (κ2) is 4.20. The monoisotopic (exact) mass is 263 g/mol. The van der Waals surface area contributed by atoms with Crippen LogP contribution < -0.4 is 10.4 Å². The Hall–Kier alpha value is -1.69. The number of carbonyl (C=O) groups is 2. The van der Waals surface area contributed by atoms with Gasteiger partial charge in [0.25, 0.3) is 0 Å². The zero-order valence-corrected chi connectivity index (χ0v) is 10.2. The van der Waals surface area contributed by atoms with Crippen molar-refractivity contribution >= 4 is 28.3 Å². The molecule has 2 aliphatic carbocycles. The maximum absolute atomic E-state index is 12.1. The minimum atomic E-state index is -1.13. The van der Waals surface area contributed by atoms with Crippen molar-refractivity contribution in [3.8, 4) is 0 Å². The van der Waals surface area contributed by atoms with Gasteiger partial charge in [-0.25, -0.2) is 4.98 Å². The van der Waals surface area contributed by atoms with E-state index < -0.39 is 17.8 Å². The van der Waals surface area contributed by atoms with E-state index in [1.54, 1.807) is 11.6 Å². The van der Waals surface area contributed by atoms with E-state index in [2.05, 4.69) is 10.3 Å². The molecule has 94 valence electrons. The van der Waals surface area contributed by atoms with Crippen molar-refractivity contribution in [1.82, 2.24) is 4.98 Å². The van der Waals surface area contributed by atoms with Crippen molar-refractivity contribution in [3.05, 3.63) is 23.7 Å².